The number of Topliss-reactive ketones (excluding diaryl/α,β-unsaturated/α-hetero) is 1. The van der Waals surface area contributed by atoms with Crippen LogP contribution >= 0.6 is 0 Å². The highest BCUT2D eigenvalue weighted by molar-refractivity contribution is 5.87. The molecule has 0 radical (unpaired) electrons. The lowest BCUT2D eigenvalue weighted by Gasteiger charge is -2.24. The fraction of sp³-hybridized carbons (Fsp3) is 0.917. The molecule has 3 nitrogen and oxygen atoms in total. The summed E-state index contributed by atoms with van der Waals surface area (Å²) >= 11 is 0. The molecule has 1 aliphatic carbocycles. The van der Waals surface area contributed by atoms with Gasteiger partial charge >= 0.3 is 0 Å². The van der Waals surface area contributed by atoms with Gasteiger partial charge in [0.1, 0.15) is 5.60 Å². The number of hydrogen-bond acceptors (Lipinski definition) is 3. The summed E-state index contributed by atoms with van der Waals surface area (Å²) in [6.45, 7) is 0.599. The van der Waals surface area contributed by atoms with Crippen LogP contribution in [0.4, 0.5) is 0 Å². The van der Waals surface area contributed by atoms with Gasteiger partial charge in [0.2, 0.25) is 0 Å². The highest BCUT2D eigenvalue weighted by atomic mass is 16.5. The number of hydrogen-bond donors (Lipinski definition) is 1. The van der Waals surface area contributed by atoms with Crippen molar-refractivity contribution in [2.24, 2.45) is 0 Å². The highest BCUT2D eigenvalue weighted by Crippen LogP contribution is 2.28. The molecule has 0 atom stereocenters. The van der Waals surface area contributed by atoms with E-state index in [-0.39, 0.29) is 5.78 Å². The van der Waals surface area contributed by atoms with Crippen molar-refractivity contribution in [3.63, 3.8) is 0 Å². The summed E-state index contributed by atoms with van der Waals surface area (Å²) in [5.41, 5.74) is -1.02. The molecule has 0 spiro atoms. The van der Waals surface area contributed by atoms with Crippen LogP contribution in [0.15, 0.2) is 0 Å². The van der Waals surface area contributed by atoms with Gasteiger partial charge in [0.15, 0.2) is 5.78 Å². The Morgan fingerprint density at radius 1 is 1.27 bits per heavy atom. The summed E-state index contributed by atoms with van der Waals surface area (Å²) in [5.74, 6) is 0.0152. The maximum atomic E-state index is 11.8. The van der Waals surface area contributed by atoms with E-state index in [9.17, 15) is 9.90 Å². The first-order valence-electron chi connectivity index (χ1n) is 5.94. The fourth-order valence-electron chi connectivity index (χ4n) is 2.20. The minimum Gasteiger partial charge on any atom is -0.385 e. The summed E-state index contributed by atoms with van der Waals surface area (Å²) in [5, 5.41) is 10.2. The van der Waals surface area contributed by atoms with Crippen molar-refractivity contribution >= 4 is 5.78 Å². The third kappa shape index (κ3) is 3.92. The van der Waals surface area contributed by atoms with E-state index in [1.165, 1.54) is 0 Å². The minimum atomic E-state index is -1.02. The molecule has 1 fully saturated rings. The molecule has 3 heteroatoms. The zero-order chi connectivity index (χ0) is 11.1. The van der Waals surface area contributed by atoms with Gasteiger partial charge in [-0.05, 0) is 19.3 Å². The lowest BCUT2D eigenvalue weighted by Crippen LogP contribution is -2.38. The number of ketones is 1. The second kappa shape index (κ2) is 6.23. The summed E-state index contributed by atoms with van der Waals surface area (Å²) < 4.78 is 4.90. The standard InChI is InChI=1S/C12H22O3/c1-15-10-6-7-11(13)12(14)8-4-2-3-5-9-12/h14H,2-10H2,1H3. The Hall–Kier alpha value is -0.410. The molecule has 15 heavy (non-hydrogen) atoms. The van der Waals surface area contributed by atoms with Crippen LogP contribution in [0.5, 0.6) is 0 Å². The quantitative estimate of drug-likeness (QED) is 0.563. The van der Waals surface area contributed by atoms with Crippen LogP contribution in [-0.2, 0) is 9.53 Å². The average molecular weight is 214 g/mol. The van der Waals surface area contributed by atoms with Crippen LogP contribution in [0.3, 0.4) is 0 Å². The van der Waals surface area contributed by atoms with Crippen molar-refractivity contribution in [1.82, 2.24) is 0 Å². The number of ether oxygens (including phenoxy) is 1. The number of carbonyl (C=O) groups is 1. The van der Waals surface area contributed by atoms with Gasteiger partial charge in [0, 0.05) is 20.1 Å². The normalized spacial score (nSPS) is 20.9. The van der Waals surface area contributed by atoms with E-state index < -0.39 is 5.60 Å². The van der Waals surface area contributed by atoms with E-state index in [4.69, 9.17) is 4.74 Å². The van der Waals surface area contributed by atoms with E-state index in [0.717, 1.165) is 32.1 Å². The van der Waals surface area contributed by atoms with E-state index in [0.29, 0.717) is 25.9 Å². The molecule has 1 N–H and O–H groups in total. The Labute approximate surface area is 91.8 Å². The van der Waals surface area contributed by atoms with Crippen LogP contribution < -0.4 is 0 Å². The largest absolute Gasteiger partial charge is 0.385 e. The molecule has 1 aliphatic rings. The van der Waals surface area contributed by atoms with Crippen LogP contribution in [0, 0.1) is 0 Å². The molecule has 0 unspecified atom stereocenters. The number of rotatable bonds is 5. The molecule has 0 aromatic heterocycles. The van der Waals surface area contributed by atoms with Crippen molar-refractivity contribution in [1.29, 1.82) is 0 Å². The van der Waals surface area contributed by atoms with Gasteiger partial charge in [-0.2, -0.15) is 0 Å². The van der Waals surface area contributed by atoms with Crippen molar-refractivity contribution in [2.45, 2.75) is 57.0 Å². The summed E-state index contributed by atoms with van der Waals surface area (Å²) in [6.07, 6.45) is 6.72. The Kier molecular flexibility index (Phi) is 5.26. The molecule has 0 saturated heterocycles. The highest BCUT2D eigenvalue weighted by Gasteiger charge is 2.34. The second-order valence-electron chi connectivity index (χ2n) is 4.47. The zero-order valence-corrected chi connectivity index (χ0v) is 9.63. The third-order valence-corrected chi connectivity index (χ3v) is 3.20. The van der Waals surface area contributed by atoms with Gasteiger partial charge in [0.05, 0.1) is 0 Å². The molecule has 1 rings (SSSR count). The van der Waals surface area contributed by atoms with Crippen molar-refractivity contribution in [3.8, 4) is 0 Å². The predicted octanol–water partition coefficient (Wildman–Crippen LogP) is 2.07. The maximum Gasteiger partial charge on any atom is 0.164 e. The predicted molar refractivity (Wildman–Crippen MR) is 58.8 cm³/mol. The molecule has 1 saturated carbocycles. The van der Waals surface area contributed by atoms with E-state index in [2.05, 4.69) is 0 Å². The molecule has 0 aliphatic heterocycles. The van der Waals surface area contributed by atoms with Crippen LogP contribution in [0.1, 0.15) is 51.4 Å². The van der Waals surface area contributed by atoms with Gasteiger partial charge in [-0.25, -0.2) is 0 Å². The number of aliphatic hydroxyl groups is 1. The Morgan fingerprint density at radius 2 is 1.87 bits per heavy atom. The molecule has 0 heterocycles. The Balaban J connectivity index is 2.40. The SMILES string of the molecule is COCCCC(=O)C1(O)CCCCCC1. The molecular formula is C12H22O3. The summed E-state index contributed by atoms with van der Waals surface area (Å²) in [7, 11) is 1.63. The fourth-order valence-corrected chi connectivity index (χ4v) is 2.20. The van der Waals surface area contributed by atoms with Crippen LogP contribution in [-0.4, -0.2) is 30.2 Å². The molecule has 0 amide bonds. The molecule has 88 valence electrons. The van der Waals surface area contributed by atoms with Gasteiger partial charge in [-0.3, -0.25) is 4.79 Å². The molecular weight excluding hydrogens is 192 g/mol. The summed E-state index contributed by atoms with van der Waals surface area (Å²) in [4.78, 5) is 11.8. The van der Waals surface area contributed by atoms with Gasteiger partial charge in [-0.15, -0.1) is 0 Å². The van der Waals surface area contributed by atoms with E-state index in [1.807, 2.05) is 0 Å². The first-order chi connectivity index (χ1) is 7.19. The lowest BCUT2D eigenvalue weighted by atomic mass is 9.87. The monoisotopic (exact) mass is 214 g/mol. The van der Waals surface area contributed by atoms with Gasteiger partial charge in [-0.1, -0.05) is 25.7 Å². The smallest absolute Gasteiger partial charge is 0.164 e. The summed E-state index contributed by atoms with van der Waals surface area (Å²) in [6, 6.07) is 0. The Bertz CT molecular complexity index is 193. The Morgan fingerprint density at radius 3 is 2.40 bits per heavy atom. The topological polar surface area (TPSA) is 46.5 Å². The first-order valence-corrected chi connectivity index (χ1v) is 5.94. The van der Waals surface area contributed by atoms with Gasteiger partial charge < -0.3 is 9.84 Å². The molecule has 0 aromatic carbocycles. The van der Waals surface area contributed by atoms with Crippen LogP contribution in [0.25, 0.3) is 0 Å². The molecule has 0 aromatic rings. The van der Waals surface area contributed by atoms with Crippen molar-refractivity contribution < 1.29 is 14.6 Å². The lowest BCUT2D eigenvalue weighted by molar-refractivity contribution is -0.139. The average Bonchev–Trinajstić information content (AvgIpc) is 2.44. The minimum absolute atomic E-state index is 0.0152. The third-order valence-electron chi connectivity index (χ3n) is 3.20. The van der Waals surface area contributed by atoms with Gasteiger partial charge in [0.25, 0.3) is 0 Å². The van der Waals surface area contributed by atoms with Crippen molar-refractivity contribution in [2.75, 3.05) is 13.7 Å². The number of carbonyl (C=O) groups excluding carboxylic acids is 1. The number of methoxy groups -OCH3 is 1. The first kappa shape index (κ1) is 12.7. The van der Waals surface area contributed by atoms with Crippen LogP contribution in [0.2, 0.25) is 0 Å². The van der Waals surface area contributed by atoms with Crippen molar-refractivity contribution in [3.05, 3.63) is 0 Å². The second-order valence-corrected chi connectivity index (χ2v) is 4.47. The molecule has 0 bridgehead atoms. The van der Waals surface area contributed by atoms with E-state index >= 15 is 0 Å². The maximum absolute atomic E-state index is 11.8. The zero-order valence-electron chi connectivity index (χ0n) is 9.63. The van der Waals surface area contributed by atoms with E-state index in [1.54, 1.807) is 7.11 Å².